The van der Waals surface area contributed by atoms with E-state index in [2.05, 4.69) is 16.0 Å². The molecule has 3 aromatic rings. The Labute approximate surface area is 276 Å². The van der Waals surface area contributed by atoms with Crippen molar-refractivity contribution in [3.8, 4) is 0 Å². The van der Waals surface area contributed by atoms with Gasteiger partial charge in [-0.15, -0.1) is 0 Å². The number of esters is 1. The van der Waals surface area contributed by atoms with Gasteiger partial charge in [0.25, 0.3) is 0 Å². The Hall–Kier alpha value is -4.47. The third kappa shape index (κ3) is 14.7. The van der Waals surface area contributed by atoms with Crippen molar-refractivity contribution in [1.29, 1.82) is 0 Å². The zero-order valence-electron chi connectivity index (χ0n) is 27.1. The highest BCUT2D eigenvalue weighted by atomic mass is 31.2. The van der Waals surface area contributed by atoms with E-state index in [0.29, 0.717) is 6.42 Å². The molecular weight excluding hydrogens is 621 g/mol. The summed E-state index contributed by atoms with van der Waals surface area (Å²) in [4.78, 5) is 51.7. The topological polar surface area (TPSA) is 149 Å². The van der Waals surface area contributed by atoms with Crippen molar-refractivity contribution in [2.24, 2.45) is 5.92 Å². The summed E-state index contributed by atoms with van der Waals surface area (Å²) in [6.45, 7) is 5.37. The van der Waals surface area contributed by atoms with Crippen LogP contribution in [0.4, 0.5) is 4.79 Å². The first-order valence-corrected chi connectivity index (χ1v) is 17.8. The summed E-state index contributed by atoms with van der Waals surface area (Å²) in [5.74, 6) is -1.69. The summed E-state index contributed by atoms with van der Waals surface area (Å²) < 4.78 is 29.2. The molecule has 3 aromatic carbocycles. The van der Waals surface area contributed by atoms with Gasteiger partial charge in [0.15, 0.2) is 0 Å². The predicted molar refractivity (Wildman–Crippen MR) is 178 cm³/mol. The summed E-state index contributed by atoms with van der Waals surface area (Å²) >= 11 is 0. The molecule has 0 radical (unpaired) electrons. The average Bonchev–Trinajstić information content (AvgIpc) is 3.07. The van der Waals surface area contributed by atoms with Gasteiger partial charge < -0.3 is 29.9 Å². The molecule has 0 saturated carbocycles. The molecule has 0 aliphatic carbocycles. The quantitative estimate of drug-likeness (QED) is 0.119. The number of benzene rings is 3. The molecule has 0 spiro atoms. The van der Waals surface area contributed by atoms with Crippen molar-refractivity contribution in [2.75, 3.05) is 13.0 Å². The Morgan fingerprint density at radius 2 is 1.21 bits per heavy atom. The van der Waals surface area contributed by atoms with E-state index < -0.39 is 43.3 Å². The lowest BCUT2D eigenvalue weighted by Crippen LogP contribution is -2.48. The maximum atomic E-state index is 13.1. The van der Waals surface area contributed by atoms with E-state index >= 15 is 0 Å². The molecule has 11 nitrogen and oxygen atoms in total. The maximum absolute atomic E-state index is 13.1. The molecule has 0 aliphatic rings. The average molecular weight is 666 g/mol. The van der Waals surface area contributed by atoms with Gasteiger partial charge in [-0.05, 0) is 35.4 Å². The fraction of sp³-hybridized carbons (Fsp3) is 0.371. The fourth-order valence-electron chi connectivity index (χ4n) is 4.41. The molecule has 0 heterocycles. The van der Waals surface area contributed by atoms with Crippen molar-refractivity contribution in [1.82, 2.24) is 16.0 Å². The van der Waals surface area contributed by atoms with E-state index in [4.69, 9.17) is 14.0 Å². The molecular formula is C35H44N3O8P. The van der Waals surface area contributed by atoms with Crippen LogP contribution in [0.5, 0.6) is 0 Å². The minimum Gasteiger partial charge on any atom is -0.459 e. The van der Waals surface area contributed by atoms with Crippen LogP contribution in [0.1, 0.15) is 49.8 Å². The van der Waals surface area contributed by atoms with Crippen LogP contribution in [0.3, 0.4) is 0 Å². The SMILES string of the molecule is CC(C)C[C@H](NC(=O)CC[C@H](NC(=O)OCc1ccccc1)C(=O)OCc1ccccc1)C(=O)NCP(C)(=O)OCc1ccccc1. The standard InChI is InChI=1S/C35H44N3O8P/c1-26(2)21-31(33(40)36-25-47(3,43)46-24-29-17-11-6-12-18-29)37-32(39)20-19-30(34(41)44-22-27-13-7-4-8-14-27)38-35(42)45-23-28-15-9-5-10-16-28/h4-18,26,30-31H,19-25H2,1-3H3,(H,36,40)(H,37,39)(H,38,42)/t30-,31-,47?/m0/s1. The molecule has 0 fully saturated rings. The van der Waals surface area contributed by atoms with Crippen LogP contribution < -0.4 is 16.0 Å². The normalized spacial score (nSPS) is 13.4. The first-order valence-electron chi connectivity index (χ1n) is 15.5. The van der Waals surface area contributed by atoms with Gasteiger partial charge in [-0.2, -0.15) is 0 Å². The van der Waals surface area contributed by atoms with Crippen LogP contribution in [0, 0.1) is 5.92 Å². The van der Waals surface area contributed by atoms with Crippen molar-refractivity contribution < 1.29 is 37.7 Å². The largest absolute Gasteiger partial charge is 0.459 e. The van der Waals surface area contributed by atoms with Crippen molar-refractivity contribution >= 4 is 31.2 Å². The van der Waals surface area contributed by atoms with Crippen LogP contribution in [-0.2, 0) is 52.8 Å². The molecule has 12 heteroatoms. The molecule has 252 valence electrons. The van der Waals surface area contributed by atoms with Gasteiger partial charge in [-0.1, -0.05) is 105 Å². The number of carbonyl (C=O) groups is 4. The molecule has 47 heavy (non-hydrogen) atoms. The minimum absolute atomic E-state index is 0.00702. The molecule has 1 unspecified atom stereocenters. The summed E-state index contributed by atoms with van der Waals surface area (Å²) in [6.07, 6.45) is -1.02. The van der Waals surface area contributed by atoms with E-state index in [1.165, 1.54) is 6.66 Å². The predicted octanol–water partition coefficient (Wildman–Crippen LogP) is 5.53. The molecule has 3 amide bonds. The Morgan fingerprint density at radius 3 is 1.74 bits per heavy atom. The van der Waals surface area contributed by atoms with Crippen LogP contribution in [-0.4, -0.2) is 48.9 Å². The number of amides is 3. The van der Waals surface area contributed by atoms with Crippen LogP contribution in [0.25, 0.3) is 0 Å². The lowest BCUT2D eigenvalue weighted by Gasteiger charge is -2.22. The molecule has 3 atom stereocenters. The molecule has 3 rings (SSSR count). The van der Waals surface area contributed by atoms with Gasteiger partial charge in [-0.3, -0.25) is 14.2 Å². The third-order valence-corrected chi connectivity index (χ3v) is 8.33. The van der Waals surface area contributed by atoms with Gasteiger partial charge in [-0.25, -0.2) is 9.59 Å². The lowest BCUT2D eigenvalue weighted by atomic mass is 10.0. The van der Waals surface area contributed by atoms with E-state index in [1.54, 1.807) is 24.3 Å². The molecule has 0 saturated heterocycles. The Bertz CT molecular complexity index is 1470. The lowest BCUT2D eigenvalue weighted by molar-refractivity contribution is -0.147. The van der Waals surface area contributed by atoms with E-state index in [0.717, 1.165) is 16.7 Å². The van der Waals surface area contributed by atoms with Crippen LogP contribution in [0.2, 0.25) is 0 Å². The number of ether oxygens (including phenoxy) is 2. The summed E-state index contributed by atoms with van der Waals surface area (Å²) in [6, 6.07) is 25.3. The Kier molecular flexibility index (Phi) is 15.2. The van der Waals surface area contributed by atoms with E-state index in [-0.39, 0.29) is 44.9 Å². The molecule has 0 bridgehead atoms. The van der Waals surface area contributed by atoms with Crippen LogP contribution >= 0.6 is 7.37 Å². The van der Waals surface area contributed by atoms with Crippen molar-refractivity contribution in [3.05, 3.63) is 108 Å². The fourth-order valence-corrected chi connectivity index (χ4v) is 5.36. The van der Waals surface area contributed by atoms with Crippen molar-refractivity contribution in [2.45, 2.75) is 65.0 Å². The third-order valence-electron chi connectivity index (χ3n) is 6.92. The second-order valence-corrected chi connectivity index (χ2v) is 14.2. The van der Waals surface area contributed by atoms with Crippen molar-refractivity contribution in [3.63, 3.8) is 0 Å². The molecule has 3 N–H and O–H groups in total. The first kappa shape index (κ1) is 37.0. The number of alkyl carbamates (subject to hydrolysis) is 1. The Balaban J connectivity index is 1.56. The first-order chi connectivity index (χ1) is 22.5. The van der Waals surface area contributed by atoms with Gasteiger partial charge in [0.05, 0.1) is 12.9 Å². The second kappa shape index (κ2) is 19.3. The zero-order valence-corrected chi connectivity index (χ0v) is 27.9. The maximum Gasteiger partial charge on any atom is 0.408 e. The van der Waals surface area contributed by atoms with Gasteiger partial charge in [0.1, 0.15) is 25.3 Å². The summed E-state index contributed by atoms with van der Waals surface area (Å²) in [5, 5.41) is 7.87. The Morgan fingerprint density at radius 1 is 0.702 bits per heavy atom. The van der Waals surface area contributed by atoms with Gasteiger partial charge >= 0.3 is 12.1 Å². The van der Waals surface area contributed by atoms with E-state index in [9.17, 15) is 23.7 Å². The number of rotatable bonds is 18. The number of hydrogen-bond donors (Lipinski definition) is 3. The second-order valence-electron chi connectivity index (χ2n) is 11.6. The summed E-state index contributed by atoms with van der Waals surface area (Å²) in [5.41, 5.74) is 2.38. The molecule has 0 aliphatic heterocycles. The highest BCUT2D eigenvalue weighted by Crippen LogP contribution is 2.42. The number of nitrogens with one attached hydrogen (secondary N) is 3. The minimum atomic E-state index is -3.17. The number of carbonyl (C=O) groups excluding carboxylic acids is 4. The summed E-state index contributed by atoms with van der Waals surface area (Å²) in [7, 11) is -3.17. The van der Waals surface area contributed by atoms with Crippen LogP contribution in [0.15, 0.2) is 91.0 Å². The highest BCUT2D eigenvalue weighted by molar-refractivity contribution is 7.58. The van der Waals surface area contributed by atoms with Gasteiger partial charge in [0, 0.05) is 13.1 Å². The van der Waals surface area contributed by atoms with Gasteiger partial charge in [0.2, 0.25) is 19.2 Å². The number of hydrogen-bond acceptors (Lipinski definition) is 8. The smallest absolute Gasteiger partial charge is 0.408 e. The highest BCUT2D eigenvalue weighted by Gasteiger charge is 2.28. The monoisotopic (exact) mass is 665 g/mol. The zero-order chi connectivity index (χ0) is 34.1. The van der Waals surface area contributed by atoms with E-state index in [1.807, 2.05) is 80.6 Å². The molecule has 0 aromatic heterocycles.